The Morgan fingerprint density at radius 3 is 2.59 bits per heavy atom. The Bertz CT molecular complexity index is 789. The molecule has 1 aliphatic rings. The quantitative estimate of drug-likeness (QED) is 0.816. The van der Waals surface area contributed by atoms with Crippen molar-refractivity contribution in [1.82, 2.24) is 4.90 Å². The summed E-state index contributed by atoms with van der Waals surface area (Å²) in [6.45, 7) is 4.99. The number of carbonyl (C=O) groups is 2. The number of para-hydroxylation sites is 2. The Kier molecular flexibility index (Phi) is 6.12. The zero-order chi connectivity index (χ0) is 19.2. The number of hydrogen-bond donors (Lipinski definition) is 1. The fourth-order valence-corrected chi connectivity index (χ4v) is 3.23. The lowest BCUT2D eigenvalue weighted by atomic mass is 10.1. The van der Waals surface area contributed by atoms with Crippen molar-refractivity contribution in [3.8, 4) is 5.75 Å². The van der Waals surface area contributed by atoms with Gasteiger partial charge in [-0.3, -0.25) is 9.59 Å². The minimum absolute atomic E-state index is 0.0181. The zero-order valence-electron chi connectivity index (χ0n) is 15.9. The zero-order valence-corrected chi connectivity index (χ0v) is 15.9. The van der Waals surface area contributed by atoms with Gasteiger partial charge in [-0.25, -0.2) is 0 Å². The van der Waals surface area contributed by atoms with Crippen LogP contribution in [0.3, 0.4) is 0 Å². The first kappa shape index (κ1) is 19.0. The van der Waals surface area contributed by atoms with Crippen LogP contribution in [0.25, 0.3) is 0 Å². The number of ether oxygens (including phenoxy) is 1. The molecule has 1 aliphatic heterocycles. The van der Waals surface area contributed by atoms with Crippen LogP contribution in [-0.4, -0.2) is 35.9 Å². The first-order valence-corrected chi connectivity index (χ1v) is 9.41. The van der Waals surface area contributed by atoms with Crippen LogP contribution in [0.1, 0.15) is 25.8 Å². The lowest BCUT2D eigenvalue weighted by Gasteiger charge is -2.18. The number of nitrogens with one attached hydrogen (secondary N) is 1. The summed E-state index contributed by atoms with van der Waals surface area (Å²) in [4.78, 5) is 26.8. The van der Waals surface area contributed by atoms with Crippen molar-refractivity contribution in [2.45, 2.75) is 32.8 Å². The highest BCUT2D eigenvalue weighted by atomic mass is 16.5. The van der Waals surface area contributed by atoms with Crippen molar-refractivity contribution in [2.75, 3.05) is 18.4 Å². The second kappa shape index (κ2) is 8.71. The van der Waals surface area contributed by atoms with Gasteiger partial charge in [-0.05, 0) is 38.0 Å². The summed E-state index contributed by atoms with van der Waals surface area (Å²) >= 11 is 0. The van der Waals surface area contributed by atoms with Gasteiger partial charge in [-0.1, -0.05) is 42.5 Å². The van der Waals surface area contributed by atoms with Crippen molar-refractivity contribution in [2.24, 2.45) is 5.92 Å². The van der Waals surface area contributed by atoms with Crippen LogP contribution in [0.5, 0.6) is 5.75 Å². The molecule has 1 unspecified atom stereocenters. The number of hydrogen-bond acceptors (Lipinski definition) is 3. The maximum Gasteiger partial charge on any atom is 0.229 e. The standard InChI is InChI=1S/C22H26N2O3/c1-16(2)27-20-11-7-6-10-19(20)23-22(26)18-14-21(25)24(15-18)13-12-17-8-4-3-5-9-17/h3-11,16,18H,12-15H2,1-2H3,(H,23,26). The number of amides is 2. The van der Waals surface area contributed by atoms with Gasteiger partial charge in [-0.15, -0.1) is 0 Å². The van der Waals surface area contributed by atoms with E-state index in [0.717, 1.165) is 6.42 Å². The van der Waals surface area contributed by atoms with E-state index in [1.54, 1.807) is 4.90 Å². The van der Waals surface area contributed by atoms with E-state index in [2.05, 4.69) is 17.4 Å². The molecule has 0 radical (unpaired) electrons. The third-order valence-corrected chi connectivity index (χ3v) is 4.61. The van der Waals surface area contributed by atoms with Gasteiger partial charge in [0.2, 0.25) is 11.8 Å². The largest absolute Gasteiger partial charge is 0.489 e. The second-order valence-electron chi connectivity index (χ2n) is 7.13. The molecule has 2 aromatic carbocycles. The van der Waals surface area contributed by atoms with Crippen molar-refractivity contribution < 1.29 is 14.3 Å². The maximum absolute atomic E-state index is 12.7. The molecule has 0 spiro atoms. The van der Waals surface area contributed by atoms with Crippen LogP contribution in [0.2, 0.25) is 0 Å². The van der Waals surface area contributed by atoms with Crippen LogP contribution in [0.15, 0.2) is 54.6 Å². The Morgan fingerprint density at radius 1 is 1.15 bits per heavy atom. The van der Waals surface area contributed by atoms with Crippen LogP contribution < -0.4 is 10.1 Å². The molecule has 3 rings (SSSR count). The lowest BCUT2D eigenvalue weighted by Crippen LogP contribution is -2.30. The molecular formula is C22H26N2O3. The summed E-state index contributed by atoms with van der Waals surface area (Å²) in [5, 5.41) is 2.93. The molecule has 1 saturated heterocycles. The maximum atomic E-state index is 12.7. The van der Waals surface area contributed by atoms with Crippen LogP contribution in [0, 0.1) is 5.92 Å². The normalized spacial score (nSPS) is 16.6. The summed E-state index contributed by atoms with van der Waals surface area (Å²) in [5.74, 6) is 0.217. The number of benzene rings is 2. The Labute approximate surface area is 160 Å². The van der Waals surface area contributed by atoms with E-state index in [1.807, 2.05) is 56.3 Å². The summed E-state index contributed by atoms with van der Waals surface area (Å²) < 4.78 is 5.75. The molecule has 1 atom stereocenters. The van der Waals surface area contributed by atoms with E-state index in [-0.39, 0.29) is 30.3 Å². The molecule has 0 aromatic heterocycles. The molecule has 27 heavy (non-hydrogen) atoms. The van der Waals surface area contributed by atoms with Crippen molar-refractivity contribution in [3.63, 3.8) is 0 Å². The topological polar surface area (TPSA) is 58.6 Å². The number of nitrogens with zero attached hydrogens (tertiary/aromatic N) is 1. The Hall–Kier alpha value is -2.82. The van der Waals surface area contributed by atoms with Crippen molar-refractivity contribution in [1.29, 1.82) is 0 Å². The number of carbonyl (C=O) groups excluding carboxylic acids is 2. The monoisotopic (exact) mass is 366 g/mol. The molecule has 142 valence electrons. The average Bonchev–Trinajstić information content (AvgIpc) is 3.03. The highest BCUT2D eigenvalue weighted by Crippen LogP contribution is 2.27. The van der Waals surface area contributed by atoms with Gasteiger partial charge in [0.1, 0.15) is 5.75 Å². The summed E-state index contributed by atoms with van der Waals surface area (Å²) in [5.41, 5.74) is 1.84. The molecule has 1 fully saturated rings. The molecular weight excluding hydrogens is 340 g/mol. The highest BCUT2D eigenvalue weighted by Gasteiger charge is 2.34. The van der Waals surface area contributed by atoms with E-state index in [9.17, 15) is 9.59 Å². The highest BCUT2D eigenvalue weighted by molar-refractivity contribution is 5.98. The molecule has 2 aromatic rings. The Morgan fingerprint density at radius 2 is 1.85 bits per heavy atom. The Balaban J connectivity index is 1.58. The first-order chi connectivity index (χ1) is 13.0. The molecule has 0 bridgehead atoms. The predicted octanol–water partition coefficient (Wildman–Crippen LogP) is 3.50. The van der Waals surface area contributed by atoms with Crippen LogP contribution >= 0.6 is 0 Å². The minimum atomic E-state index is -0.333. The SMILES string of the molecule is CC(C)Oc1ccccc1NC(=O)C1CC(=O)N(CCc2ccccc2)C1. The molecule has 0 aliphatic carbocycles. The minimum Gasteiger partial charge on any atom is -0.489 e. The smallest absolute Gasteiger partial charge is 0.229 e. The first-order valence-electron chi connectivity index (χ1n) is 9.41. The van der Waals surface area contributed by atoms with Gasteiger partial charge < -0.3 is 15.0 Å². The van der Waals surface area contributed by atoms with E-state index in [4.69, 9.17) is 4.74 Å². The molecule has 2 amide bonds. The number of likely N-dealkylation sites (tertiary alicyclic amines) is 1. The van der Waals surface area contributed by atoms with Crippen LogP contribution in [0.4, 0.5) is 5.69 Å². The van der Waals surface area contributed by atoms with E-state index >= 15 is 0 Å². The number of rotatable bonds is 7. The van der Waals surface area contributed by atoms with Gasteiger partial charge in [0, 0.05) is 19.5 Å². The van der Waals surface area contributed by atoms with Gasteiger partial charge in [0.15, 0.2) is 0 Å². The predicted molar refractivity (Wildman–Crippen MR) is 106 cm³/mol. The summed E-state index contributed by atoms with van der Waals surface area (Å²) in [6, 6.07) is 17.5. The van der Waals surface area contributed by atoms with Crippen molar-refractivity contribution in [3.05, 3.63) is 60.2 Å². The molecule has 1 N–H and O–H groups in total. The third kappa shape index (κ3) is 5.09. The fraction of sp³-hybridized carbons (Fsp3) is 0.364. The van der Waals surface area contributed by atoms with E-state index in [1.165, 1.54) is 5.56 Å². The van der Waals surface area contributed by atoms with Gasteiger partial charge in [0.05, 0.1) is 17.7 Å². The second-order valence-corrected chi connectivity index (χ2v) is 7.13. The third-order valence-electron chi connectivity index (χ3n) is 4.61. The molecule has 5 nitrogen and oxygen atoms in total. The molecule has 1 heterocycles. The van der Waals surface area contributed by atoms with E-state index < -0.39 is 0 Å². The van der Waals surface area contributed by atoms with Crippen molar-refractivity contribution >= 4 is 17.5 Å². The summed E-state index contributed by atoms with van der Waals surface area (Å²) in [6.07, 6.45) is 1.07. The molecule has 0 saturated carbocycles. The fourth-order valence-electron chi connectivity index (χ4n) is 3.23. The van der Waals surface area contributed by atoms with Gasteiger partial charge in [0.25, 0.3) is 0 Å². The van der Waals surface area contributed by atoms with Crippen LogP contribution in [-0.2, 0) is 16.0 Å². The average molecular weight is 366 g/mol. The summed E-state index contributed by atoms with van der Waals surface area (Å²) in [7, 11) is 0. The lowest BCUT2D eigenvalue weighted by molar-refractivity contribution is -0.128. The van der Waals surface area contributed by atoms with E-state index in [0.29, 0.717) is 24.5 Å². The van der Waals surface area contributed by atoms with Gasteiger partial charge in [-0.2, -0.15) is 0 Å². The van der Waals surface area contributed by atoms with Gasteiger partial charge >= 0.3 is 0 Å². The molecule has 5 heteroatoms. The number of anilines is 1.